The number of rotatable bonds is 6. The smallest absolute Gasteiger partial charge is 0.133 e. The molecule has 0 aromatic carbocycles. The maximum Gasteiger partial charge on any atom is 0.133 e. The van der Waals surface area contributed by atoms with E-state index >= 15 is 0 Å². The SMILES string of the molecule is CC(C)CC(=O)CCCC1CCCO1. The molecule has 0 aliphatic carbocycles. The van der Waals surface area contributed by atoms with Crippen molar-refractivity contribution in [3.8, 4) is 0 Å². The fourth-order valence-corrected chi connectivity index (χ4v) is 1.96. The number of ether oxygens (including phenoxy) is 1. The first-order valence-electron chi connectivity index (χ1n) is 5.82. The molecule has 0 radical (unpaired) electrons. The second kappa shape index (κ2) is 6.18. The van der Waals surface area contributed by atoms with Crippen LogP contribution in [0.15, 0.2) is 0 Å². The first kappa shape index (κ1) is 11.7. The lowest BCUT2D eigenvalue weighted by Crippen LogP contribution is -2.07. The van der Waals surface area contributed by atoms with Crippen LogP contribution in [-0.2, 0) is 9.53 Å². The second-order valence-electron chi connectivity index (χ2n) is 4.66. The molecule has 0 N–H and O–H groups in total. The summed E-state index contributed by atoms with van der Waals surface area (Å²) in [5.41, 5.74) is 0. The van der Waals surface area contributed by atoms with Gasteiger partial charge in [-0.2, -0.15) is 0 Å². The molecule has 0 amide bonds. The summed E-state index contributed by atoms with van der Waals surface area (Å²) in [4.78, 5) is 11.4. The Kier molecular flexibility index (Phi) is 5.16. The summed E-state index contributed by atoms with van der Waals surface area (Å²) in [7, 11) is 0. The van der Waals surface area contributed by atoms with Crippen LogP contribution in [0.5, 0.6) is 0 Å². The van der Waals surface area contributed by atoms with E-state index in [1.165, 1.54) is 12.8 Å². The predicted octanol–water partition coefficient (Wildman–Crippen LogP) is 2.95. The fourth-order valence-electron chi connectivity index (χ4n) is 1.96. The van der Waals surface area contributed by atoms with Gasteiger partial charge < -0.3 is 4.74 Å². The third-order valence-electron chi connectivity index (χ3n) is 2.64. The van der Waals surface area contributed by atoms with E-state index in [2.05, 4.69) is 13.8 Å². The fraction of sp³-hybridized carbons (Fsp3) is 0.917. The number of ketones is 1. The van der Waals surface area contributed by atoms with Gasteiger partial charge in [0.25, 0.3) is 0 Å². The zero-order valence-electron chi connectivity index (χ0n) is 9.42. The molecule has 1 heterocycles. The van der Waals surface area contributed by atoms with E-state index in [0.717, 1.165) is 32.3 Å². The lowest BCUT2D eigenvalue weighted by Gasteiger charge is -2.08. The minimum Gasteiger partial charge on any atom is -0.378 e. The summed E-state index contributed by atoms with van der Waals surface area (Å²) in [6.45, 7) is 5.11. The van der Waals surface area contributed by atoms with Gasteiger partial charge in [-0.1, -0.05) is 13.8 Å². The average Bonchev–Trinajstić information content (AvgIpc) is 2.55. The summed E-state index contributed by atoms with van der Waals surface area (Å²) in [5, 5.41) is 0. The van der Waals surface area contributed by atoms with Crippen LogP contribution in [0, 0.1) is 5.92 Å². The second-order valence-corrected chi connectivity index (χ2v) is 4.66. The van der Waals surface area contributed by atoms with E-state index in [4.69, 9.17) is 4.74 Å². The van der Waals surface area contributed by atoms with Crippen molar-refractivity contribution in [1.82, 2.24) is 0 Å². The highest BCUT2D eigenvalue weighted by Gasteiger charge is 2.15. The largest absolute Gasteiger partial charge is 0.378 e. The van der Waals surface area contributed by atoms with E-state index in [9.17, 15) is 4.79 Å². The highest BCUT2D eigenvalue weighted by Crippen LogP contribution is 2.18. The molecule has 0 aromatic heterocycles. The van der Waals surface area contributed by atoms with Gasteiger partial charge in [-0.15, -0.1) is 0 Å². The number of carbonyl (C=O) groups excluding carboxylic acids is 1. The summed E-state index contributed by atoms with van der Waals surface area (Å²) in [6.07, 6.45) is 6.41. The van der Waals surface area contributed by atoms with Crippen molar-refractivity contribution in [3.05, 3.63) is 0 Å². The van der Waals surface area contributed by atoms with Gasteiger partial charge in [-0.3, -0.25) is 4.79 Å². The van der Waals surface area contributed by atoms with Gasteiger partial charge in [-0.25, -0.2) is 0 Å². The van der Waals surface area contributed by atoms with Gasteiger partial charge in [0.15, 0.2) is 0 Å². The Hall–Kier alpha value is -0.370. The van der Waals surface area contributed by atoms with Crippen molar-refractivity contribution in [1.29, 1.82) is 0 Å². The molecular weight excluding hydrogens is 176 g/mol. The number of hydrogen-bond acceptors (Lipinski definition) is 2. The van der Waals surface area contributed by atoms with Crippen LogP contribution in [-0.4, -0.2) is 18.5 Å². The average molecular weight is 198 g/mol. The quantitative estimate of drug-likeness (QED) is 0.656. The van der Waals surface area contributed by atoms with Crippen molar-refractivity contribution < 1.29 is 9.53 Å². The number of carbonyl (C=O) groups is 1. The Bertz CT molecular complexity index is 169. The van der Waals surface area contributed by atoms with Crippen LogP contribution in [0.4, 0.5) is 0 Å². The molecule has 1 unspecified atom stereocenters. The highest BCUT2D eigenvalue weighted by molar-refractivity contribution is 5.78. The van der Waals surface area contributed by atoms with Crippen LogP contribution >= 0.6 is 0 Å². The third-order valence-corrected chi connectivity index (χ3v) is 2.64. The van der Waals surface area contributed by atoms with E-state index in [0.29, 0.717) is 17.8 Å². The third kappa shape index (κ3) is 4.75. The molecule has 1 aliphatic rings. The molecule has 82 valence electrons. The molecule has 1 saturated heterocycles. The summed E-state index contributed by atoms with van der Waals surface area (Å²) < 4.78 is 5.50. The van der Waals surface area contributed by atoms with Gasteiger partial charge in [0.05, 0.1) is 6.10 Å². The van der Waals surface area contributed by atoms with Crippen LogP contribution in [0.1, 0.15) is 52.4 Å². The van der Waals surface area contributed by atoms with Crippen molar-refractivity contribution in [3.63, 3.8) is 0 Å². The Labute approximate surface area is 87.0 Å². The Morgan fingerprint density at radius 1 is 1.50 bits per heavy atom. The van der Waals surface area contributed by atoms with Crippen molar-refractivity contribution in [2.75, 3.05) is 6.61 Å². The van der Waals surface area contributed by atoms with E-state index < -0.39 is 0 Å². The van der Waals surface area contributed by atoms with E-state index in [1.807, 2.05) is 0 Å². The van der Waals surface area contributed by atoms with Gasteiger partial charge >= 0.3 is 0 Å². The van der Waals surface area contributed by atoms with Crippen molar-refractivity contribution in [2.24, 2.45) is 5.92 Å². The molecule has 1 rings (SSSR count). The number of Topliss-reactive ketones (excluding diaryl/α,β-unsaturated/α-hetero) is 1. The first-order valence-corrected chi connectivity index (χ1v) is 5.82. The highest BCUT2D eigenvalue weighted by atomic mass is 16.5. The van der Waals surface area contributed by atoms with Crippen molar-refractivity contribution in [2.45, 2.75) is 58.5 Å². The van der Waals surface area contributed by atoms with Gasteiger partial charge in [0, 0.05) is 19.4 Å². The minimum absolute atomic E-state index is 0.415. The maximum atomic E-state index is 11.4. The van der Waals surface area contributed by atoms with Crippen LogP contribution in [0.3, 0.4) is 0 Å². The molecule has 1 aliphatic heterocycles. The lowest BCUT2D eigenvalue weighted by molar-refractivity contribution is -0.119. The zero-order valence-corrected chi connectivity index (χ0v) is 9.42. The topological polar surface area (TPSA) is 26.3 Å². The summed E-state index contributed by atoms with van der Waals surface area (Å²) >= 11 is 0. The Morgan fingerprint density at radius 3 is 2.86 bits per heavy atom. The van der Waals surface area contributed by atoms with E-state index in [1.54, 1.807) is 0 Å². The lowest BCUT2D eigenvalue weighted by atomic mass is 10.0. The van der Waals surface area contributed by atoms with Crippen LogP contribution in [0.25, 0.3) is 0 Å². The Balaban J connectivity index is 1.99. The molecule has 0 aromatic rings. The molecule has 2 nitrogen and oxygen atoms in total. The first-order chi connectivity index (χ1) is 6.68. The molecule has 0 spiro atoms. The molecule has 14 heavy (non-hydrogen) atoms. The number of hydrogen-bond donors (Lipinski definition) is 0. The molecule has 2 heteroatoms. The normalized spacial score (nSPS) is 21.8. The maximum absolute atomic E-state index is 11.4. The van der Waals surface area contributed by atoms with Crippen molar-refractivity contribution >= 4 is 5.78 Å². The Morgan fingerprint density at radius 2 is 2.29 bits per heavy atom. The van der Waals surface area contributed by atoms with Gasteiger partial charge in [0.2, 0.25) is 0 Å². The summed E-state index contributed by atoms with van der Waals surface area (Å²) in [6, 6.07) is 0. The zero-order chi connectivity index (χ0) is 10.4. The van der Waals surface area contributed by atoms with E-state index in [-0.39, 0.29) is 0 Å². The van der Waals surface area contributed by atoms with Crippen LogP contribution < -0.4 is 0 Å². The molecular formula is C12H22O2. The monoisotopic (exact) mass is 198 g/mol. The molecule has 0 bridgehead atoms. The predicted molar refractivity (Wildman–Crippen MR) is 57.3 cm³/mol. The molecule has 1 atom stereocenters. The van der Waals surface area contributed by atoms with Gasteiger partial charge in [0.1, 0.15) is 5.78 Å². The molecule has 1 fully saturated rings. The minimum atomic E-state index is 0.415. The summed E-state index contributed by atoms with van der Waals surface area (Å²) in [5.74, 6) is 0.920. The molecule has 0 saturated carbocycles. The van der Waals surface area contributed by atoms with Crippen LogP contribution in [0.2, 0.25) is 0 Å². The van der Waals surface area contributed by atoms with Gasteiger partial charge in [-0.05, 0) is 31.6 Å². The standard InChI is InChI=1S/C12H22O2/c1-10(2)9-11(13)5-3-6-12-7-4-8-14-12/h10,12H,3-9H2,1-2H3.